The van der Waals surface area contributed by atoms with Crippen molar-refractivity contribution in [3.05, 3.63) is 56.5 Å². The van der Waals surface area contributed by atoms with E-state index in [4.69, 9.17) is 28.0 Å². The molecule has 2 aliphatic heterocycles. The van der Waals surface area contributed by atoms with Gasteiger partial charge in [-0.1, -0.05) is 35.3 Å². The summed E-state index contributed by atoms with van der Waals surface area (Å²) < 4.78 is 0. The van der Waals surface area contributed by atoms with Gasteiger partial charge in [0.05, 0.1) is 27.2 Å². The van der Waals surface area contributed by atoms with Crippen LogP contribution >= 0.6 is 23.2 Å². The Morgan fingerprint density at radius 2 is 2.12 bits per heavy atom. The molecule has 6 nitrogen and oxygen atoms in total. The second kappa shape index (κ2) is 6.37. The number of hydrogen-bond donors (Lipinski definition) is 2. The number of carboxylic acid groups (broad SMARTS) is 1. The highest BCUT2D eigenvalue weighted by Gasteiger charge is 2.38. The Labute approximate surface area is 149 Å². The number of dihydropyridines is 1. The van der Waals surface area contributed by atoms with Crippen molar-refractivity contribution in [2.24, 2.45) is 4.99 Å². The first kappa shape index (κ1) is 16.7. The Hall–Kier alpha value is -2.18. The molecule has 1 aromatic rings. The third-order valence-electron chi connectivity index (χ3n) is 3.98. The molecular formula is C16H15Cl2N3O3. The van der Waals surface area contributed by atoms with Gasteiger partial charge in [0.2, 0.25) is 6.40 Å². The van der Waals surface area contributed by atoms with Gasteiger partial charge >= 0.3 is 5.97 Å². The van der Waals surface area contributed by atoms with Gasteiger partial charge in [-0.15, -0.1) is 0 Å². The number of halogens is 2. The molecule has 0 aromatic heterocycles. The first-order valence-electron chi connectivity index (χ1n) is 7.20. The van der Waals surface area contributed by atoms with Crippen molar-refractivity contribution >= 4 is 35.6 Å². The number of nitrogens with zero attached hydrogens (tertiary/aromatic N) is 2. The van der Waals surface area contributed by atoms with Crippen molar-refractivity contribution in [2.75, 3.05) is 6.67 Å². The Morgan fingerprint density at radius 1 is 1.38 bits per heavy atom. The van der Waals surface area contributed by atoms with E-state index in [0.717, 1.165) is 5.70 Å². The van der Waals surface area contributed by atoms with Crippen LogP contribution in [0.1, 0.15) is 25.3 Å². The number of hydroxylamine groups is 2. The first-order valence-corrected chi connectivity index (χ1v) is 7.95. The number of rotatable bonds is 3. The van der Waals surface area contributed by atoms with E-state index in [-0.39, 0.29) is 12.2 Å². The molecule has 8 heteroatoms. The standard InChI is InChI=1S/C16H15Cl2N3O3/c1-8-12(16(22)23)13(10-4-3-5-11(17)14(10)18)15(9(2)20-8)21-6-19-7-24-21/h3-5,7,13,20H,6H2,1-2H3,(H,22,23). The fourth-order valence-electron chi connectivity index (χ4n) is 3.01. The second-order valence-corrected chi connectivity index (χ2v) is 6.25. The van der Waals surface area contributed by atoms with Crippen LogP contribution in [0.15, 0.2) is 45.9 Å². The zero-order valence-electron chi connectivity index (χ0n) is 13.0. The highest BCUT2D eigenvalue weighted by molar-refractivity contribution is 6.42. The van der Waals surface area contributed by atoms with Crippen molar-refractivity contribution in [2.45, 2.75) is 19.8 Å². The van der Waals surface area contributed by atoms with Gasteiger partial charge in [0.1, 0.15) is 6.67 Å². The average molecular weight is 368 g/mol. The zero-order valence-corrected chi connectivity index (χ0v) is 14.5. The van der Waals surface area contributed by atoms with Crippen molar-refractivity contribution in [3.8, 4) is 0 Å². The Kier molecular flexibility index (Phi) is 4.43. The number of allylic oxidation sites excluding steroid dienone is 3. The maximum absolute atomic E-state index is 11.9. The summed E-state index contributed by atoms with van der Waals surface area (Å²) in [5, 5.41) is 15.1. The molecule has 0 saturated carbocycles. The first-order chi connectivity index (χ1) is 11.4. The Morgan fingerprint density at radius 3 is 2.75 bits per heavy atom. The maximum Gasteiger partial charge on any atom is 0.334 e. The SMILES string of the molecule is CC1=C(C(=O)O)C(c2cccc(Cl)c2Cl)C(N2CN=CO2)=C(C)N1. The summed E-state index contributed by atoms with van der Waals surface area (Å²) in [4.78, 5) is 21.4. The van der Waals surface area contributed by atoms with E-state index in [9.17, 15) is 9.90 Å². The minimum absolute atomic E-state index is 0.190. The quantitative estimate of drug-likeness (QED) is 0.854. The van der Waals surface area contributed by atoms with Crippen LogP contribution in [0.2, 0.25) is 10.0 Å². The lowest BCUT2D eigenvalue weighted by molar-refractivity contribution is -0.133. The Balaban J connectivity index is 2.21. The number of nitrogens with one attached hydrogen (secondary N) is 1. The molecule has 2 aliphatic rings. The van der Waals surface area contributed by atoms with E-state index < -0.39 is 11.9 Å². The number of aliphatic carboxylic acids is 1. The molecule has 126 valence electrons. The third-order valence-corrected chi connectivity index (χ3v) is 4.81. The predicted octanol–water partition coefficient (Wildman–Crippen LogP) is 3.50. The minimum atomic E-state index is -1.04. The van der Waals surface area contributed by atoms with Gasteiger partial charge in [-0.05, 0) is 25.5 Å². The molecule has 3 rings (SSSR count). The molecule has 0 saturated heterocycles. The van der Waals surface area contributed by atoms with Crippen LogP contribution < -0.4 is 5.32 Å². The summed E-state index contributed by atoms with van der Waals surface area (Å²) in [6.07, 6.45) is 1.32. The van der Waals surface area contributed by atoms with Gasteiger partial charge in [0, 0.05) is 11.4 Å². The monoisotopic (exact) mass is 367 g/mol. The summed E-state index contributed by atoms with van der Waals surface area (Å²) in [7, 11) is 0. The van der Waals surface area contributed by atoms with E-state index in [1.165, 1.54) is 6.40 Å². The third kappa shape index (κ3) is 2.72. The minimum Gasteiger partial charge on any atom is -0.478 e. The van der Waals surface area contributed by atoms with Crippen LogP contribution in [-0.2, 0) is 9.63 Å². The molecule has 24 heavy (non-hydrogen) atoms. The molecule has 2 heterocycles. The second-order valence-electron chi connectivity index (χ2n) is 5.47. The molecule has 1 atom stereocenters. The highest BCUT2D eigenvalue weighted by atomic mass is 35.5. The fraction of sp³-hybridized carbons (Fsp3) is 0.250. The zero-order chi connectivity index (χ0) is 17.4. The average Bonchev–Trinajstić information content (AvgIpc) is 3.02. The van der Waals surface area contributed by atoms with Gasteiger partial charge in [-0.3, -0.25) is 0 Å². The van der Waals surface area contributed by atoms with Gasteiger partial charge < -0.3 is 15.3 Å². The van der Waals surface area contributed by atoms with Gasteiger partial charge in [0.15, 0.2) is 0 Å². The van der Waals surface area contributed by atoms with E-state index in [2.05, 4.69) is 10.3 Å². The van der Waals surface area contributed by atoms with Crippen LogP contribution in [0.25, 0.3) is 0 Å². The lowest BCUT2D eigenvalue weighted by atomic mass is 9.83. The summed E-state index contributed by atoms with van der Waals surface area (Å²) in [6, 6.07) is 5.18. The lowest BCUT2D eigenvalue weighted by Crippen LogP contribution is -2.35. The van der Waals surface area contributed by atoms with Crippen LogP contribution in [0.3, 0.4) is 0 Å². The smallest absolute Gasteiger partial charge is 0.334 e. The van der Waals surface area contributed by atoms with Crippen LogP contribution in [-0.4, -0.2) is 29.2 Å². The van der Waals surface area contributed by atoms with E-state index >= 15 is 0 Å². The van der Waals surface area contributed by atoms with E-state index in [1.807, 2.05) is 6.92 Å². The molecule has 1 unspecified atom stereocenters. The van der Waals surface area contributed by atoms with E-state index in [0.29, 0.717) is 27.0 Å². The Bertz CT molecular complexity index is 794. The van der Waals surface area contributed by atoms with Gasteiger partial charge in [-0.25, -0.2) is 9.79 Å². The van der Waals surface area contributed by atoms with Crippen molar-refractivity contribution in [3.63, 3.8) is 0 Å². The van der Waals surface area contributed by atoms with Crippen molar-refractivity contribution in [1.82, 2.24) is 10.4 Å². The molecule has 1 aromatic carbocycles. The molecule has 0 radical (unpaired) electrons. The molecule has 2 N–H and O–H groups in total. The van der Waals surface area contributed by atoms with Gasteiger partial charge in [-0.2, -0.15) is 5.06 Å². The van der Waals surface area contributed by atoms with Crippen LogP contribution in [0, 0.1) is 0 Å². The van der Waals surface area contributed by atoms with Crippen LogP contribution in [0.4, 0.5) is 0 Å². The highest BCUT2D eigenvalue weighted by Crippen LogP contribution is 2.44. The molecular weight excluding hydrogens is 353 g/mol. The van der Waals surface area contributed by atoms with Crippen molar-refractivity contribution in [1.29, 1.82) is 0 Å². The van der Waals surface area contributed by atoms with Crippen LogP contribution in [0.5, 0.6) is 0 Å². The normalized spacial score (nSPS) is 20.3. The predicted molar refractivity (Wildman–Crippen MR) is 91.7 cm³/mol. The summed E-state index contributed by atoms with van der Waals surface area (Å²) in [5.74, 6) is -1.66. The summed E-state index contributed by atoms with van der Waals surface area (Å²) in [6.45, 7) is 3.84. The molecule has 0 fully saturated rings. The number of hydrogen-bond acceptors (Lipinski definition) is 5. The maximum atomic E-state index is 11.9. The number of benzene rings is 1. The lowest BCUT2D eigenvalue weighted by Gasteiger charge is -2.34. The largest absolute Gasteiger partial charge is 0.478 e. The molecule has 0 bridgehead atoms. The topological polar surface area (TPSA) is 74.2 Å². The molecule has 0 aliphatic carbocycles. The summed E-state index contributed by atoms with van der Waals surface area (Å²) >= 11 is 12.5. The van der Waals surface area contributed by atoms with Gasteiger partial charge in [0.25, 0.3) is 0 Å². The molecule has 0 spiro atoms. The number of aliphatic imine (C=N–C) groups is 1. The van der Waals surface area contributed by atoms with Crippen molar-refractivity contribution < 1.29 is 14.7 Å². The van der Waals surface area contributed by atoms with E-state index in [1.54, 1.807) is 30.2 Å². The fourth-order valence-corrected chi connectivity index (χ4v) is 3.42. The number of carboxylic acids is 1. The number of carbonyl (C=O) groups is 1. The molecule has 0 amide bonds. The summed E-state index contributed by atoms with van der Waals surface area (Å²) in [5.41, 5.74) is 2.75.